The molecule has 1 atom stereocenters. The lowest BCUT2D eigenvalue weighted by Gasteiger charge is -2.33. The summed E-state index contributed by atoms with van der Waals surface area (Å²) < 4.78 is 37.4. The number of hydrogen-bond acceptors (Lipinski definition) is 6. The van der Waals surface area contributed by atoms with Crippen molar-refractivity contribution in [2.24, 2.45) is 0 Å². The third-order valence-corrected chi connectivity index (χ3v) is 7.83. The van der Waals surface area contributed by atoms with Gasteiger partial charge in [-0.15, -0.1) is 0 Å². The molecule has 2 aromatic rings. The molecular formula is C28H39N3O6S. The third-order valence-electron chi connectivity index (χ3n) is 6.69. The van der Waals surface area contributed by atoms with Crippen molar-refractivity contribution in [1.82, 2.24) is 10.2 Å². The van der Waals surface area contributed by atoms with E-state index in [9.17, 15) is 18.0 Å². The average Bonchev–Trinajstić information content (AvgIpc) is 3.40. The fourth-order valence-electron chi connectivity index (χ4n) is 4.74. The van der Waals surface area contributed by atoms with Crippen molar-refractivity contribution in [3.8, 4) is 11.5 Å². The number of benzene rings is 2. The standard InChI is InChI=1S/C28H39N3O6S/c1-5-26(28(33)29-22-11-7-8-12-22)30(19-21-10-9-13-25(18-21)36-3)27(32)20-31(38(4,34)35)23-14-16-24(17-15-23)37-6-2/h9-10,13-18,22,26H,5-8,11-12,19-20H2,1-4H3,(H,29,33)/t26-/m1/s1. The van der Waals surface area contributed by atoms with Gasteiger partial charge in [0.2, 0.25) is 21.8 Å². The molecule has 0 radical (unpaired) electrons. The molecule has 0 unspecified atom stereocenters. The van der Waals surface area contributed by atoms with Gasteiger partial charge in [0, 0.05) is 12.6 Å². The zero-order valence-corrected chi connectivity index (χ0v) is 23.5. The second-order valence-corrected chi connectivity index (χ2v) is 11.4. The van der Waals surface area contributed by atoms with E-state index < -0.39 is 28.5 Å². The first-order valence-corrected chi connectivity index (χ1v) is 14.9. The molecule has 38 heavy (non-hydrogen) atoms. The molecule has 0 heterocycles. The Balaban J connectivity index is 1.91. The largest absolute Gasteiger partial charge is 0.497 e. The maximum Gasteiger partial charge on any atom is 0.244 e. The Labute approximate surface area is 226 Å². The van der Waals surface area contributed by atoms with E-state index in [0.717, 1.165) is 41.8 Å². The fraction of sp³-hybridized carbons (Fsp3) is 0.500. The average molecular weight is 546 g/mol. The van der Waals surface area contributed by atoms with E-state index in [2.05, 4.69) is 5.32 Å². The Morgan fingerprint density at radius 2 is 1.74 bits per heavy atom. The molecule has 0 spiro atoms. The number of methoxy groups -OCH3 is 1. The number of ether oxygens (including phenoxy) is 2. The Bertz CT molecular complexity index is 1180. The smallest absolute Gasteiger partial charge is 0.244 e. The Hall–Kier alpha value is -3.27. The predicted molar refractivity (Wildman–Crippen MR) is 148 cm³/mol. The minimum absolute atomic E-state index is 0.0988. The second kappa shape index (κ2) is 13.5. The van der Waals surface area contributed by atoms with Crippen LogP contribution in [0.25, 0.3) is 0 Å². The highest BCUT2D eigenvalue weighted by Gasteiger charge is 2.33. The topological polar surface area (TPSA) is 105 Å². The van der Waals surface area contributed by atoms with E-state index >= 15 is 0 Å². The monoisotopic (exact) mass is 545 g/mol. The minimum Gasteiger partial charge on any atom is -0.497 e. The Morgan fingerprint density at radius 1 is 1.05 bits per heavy atom. The van der Waals surface area contributed by atoms with Crippen LogP contribution in [-0.4, -0.2) is 63.7 Å². The van der Waals surface area contributed by atoms with E-state index in [4.69, 9.17) is 9.47 Å². The van der Waals surface area contributed by atoms with Crippen LogP contribution in [0.5, 0.6) is 11.5 Å². The van der Waals surface area contributed by atoms with Gasteiger partial charge in [0.1, 0.15) is 24.1 Å². The first-order valence-electron chi connectivity index (χ1n) is 13.1. The summed E-state index contributed by atoms with van der Waals surface area (Å²) in [6, 6.07) is 13.2. The third kappa shape index (κ3) is 7.86. The van der Waals surface area contributed by atoms with Gasteiger partial charge in [0.05, 0.1) is 25.7 Å². The molecule has 1 saturated carbocycles. The van der Waals surface area contributed by atoms with Gasteiger partial charge in [-0.3, -0.25) is 13.9 Å². The van der Waals surface area contributed by atoms with E-state index in [1.54, 1.807) is 37.4 Å². The van der Waals surface area contributed by atoms with Crippen LogP contribution in [0.3, 0.4) is 0 Å². The van der Waals surface area contributed by atoms with Crippen molar-refractivity contribution in [3.05, 3.63) is 54.1 Å². The van der Waals surface area contributed by atoms with Gasteiger partial charge in [0.15, 0.2) is 0 Å². The number of nitrogens with zero attached hydrogens (tertiary/aromatic N) is 2. The summed E-state index contributed by atoms with van der Waals surface area (Å²) in [7, 11) is -2.24. The first-order chi connectivity index (χ1) is 18.2. The second-order valence-electron chi connectivity index (χ2n) is 9.48. The lowest BCUT2D eigenvalue weighted by Crippen LogP contribution is -2.53. The first kappa shape index (κ1) is 29.3. The van der Waals surface area contributed by atoms with Crippen molar-refractivity contribution in [3.63, 3.8) is 0 Å². The van der Waals surface area contributed by atoms with Crippen molar-refractivity contribution in [2.75, 3.05) is 30.8 Å². The SMILES string of the molecule is CCOc1ccc(N(CC(=O)N(Cc2cccc(OC)c2)[C@H](CC)C(=O)NC2CCCC2)S(C)(=O)=O)cc1. The van der Waals surface area contributed by atoms with Crippen LogP contribution >= 0.6 is 0 Å². The summed E-state index contributed by atoms with van der Waals surface area (Å²) in [5, 5.41) is 3.10. The normalized spacial score (nSPS) is 14.5. The van der Waals surface area contributed by atoms with E-state index in [-0.39, 0.29) is 18.5 Å². The summed E-state index contributed by atoms with van der Waals surface area (Å²) in [4.78, 5) is 28.7. The number of amides is 2. The number of carbonyl (C=O) groups excluding carboxylic acids is 2. The molecule has 0 aromatic heterocycles. The van der Waals surface area contributed by atoms with Crippen molar-refractivity contribution >= 4 is 27.5 Å². The van der Waals surface area contributed by atoms with Crippen LogP contribution in [0.4, 0.5) is 5.69 Å². The molecule has 0 aliphatic heterocycles. The van der Waals surface area contributed by atoms with Crippen LogP contribution in [0, 0.1) is 0 Å². The summed E-state index contributed by atoms with van der Waals surface area (Å²) >= 11 is 0. The summed E-state index contributed by atoms with van der Waals surface area (Å²) in [5.74, 6) is 0.541. The number of rotatable bonds is 13. The molecule has 2 amide bonds. The zero-order chi connectivity index (χ0) is 27.7. The molecule has 0 bridgehead atoms. The van der Waals surface area contributed by atoms with Gasteiger partial charge in [-0.25, -0.2) is 8.42 Å². The molecule has 9 nitrogen and oxygen atoms in total. The van der Waals surface area contributed by atoms with Crippen LogP contribution in [0.1, 0.15) is 51.5 Å². The summed E-state index contributed by atoms with van der Waals surface area (Å²) in [6.07, 6.45) is 5.43. The number of hydrogen-bond donors (Lipinski definition) is 1. The predicted octanol–water partition coefficient (Wildman–Crippen LogP) is 3.73. The fourth-order valence-corrected chi connectivity index (χ4v) is 5.59. The Kier molecular flexibility index (Phi) is 10.4. The number of carbonyl (C=O) groups is 2. The van der Waals surface area contributed by atoms with Crippen LogP contribution in [0.15, 0.2) is 48.5 Å². The summed E-state index contributed by atoms with van der Waals surface area (Å²) in [5.41, 5.74) is 1.12. The number of sulfonamides is 1. The van der Waals surface area contributed by atoms with Crippen LogP contribution in [-0.2, 0) is 26.2 Å². The minimum atomic E-state index is -3.80. The van der Waals surface area contributed by atoms with E-state index in [0.29, 0.717) is 30.2 Å². The van der Waals surface area contributed by atoms with E-state index in [1.165, 1.54) is 4.90 Å². The molecule has 3 rings (SSSR count). The molecule has 2 aromatic carbocycles. The van der Waals surface area contributed by atoms with Gasteiger partial charge >= 0.3 is 0 Å². The van der Waals surface area contributed by atoms with Crippen LogP contribution < -0.4 is 19.1 Å². The maximum atomic E-state index is 13.8. The molecule has 1 aliphatic rings. The molecule has 10 heteroatoms. The van der Waals surface area contributed by atoms with Crippen molar-refractivity contribution in [1.29, 1.82) is 0 Å². The quantitative estimate of drug-likeness (QED) is 0.411. The zero-order valence-electron chi connectivity index (χ0n) is 22.7. The van der Waals surface area contributed by atoms with Gasteiger partial charge < -0.3 is 19.7 Å². The summed E-state index contributed by atoms with van der Waals surface area (Å²) in [6.45, 7) is 3.89. The van der Waals surface area contributed by atoms with Crippen molar-refractivity contribution < 1.29 is 27.5 Å². The molecular weight excluding hydrogens is 506 g/mol. The van der Waals surface area contributed by atoms with Gasteiger partial charge in [-0.05, 0) is 68.1 Å². The number of anilines is 1. The molecule has 1 aliphatic carbocycles. The number of nitrogens with one attached hydrogen (secondary N) is 1. The van der Waals surface area contributed by atoms with Gasteiger partial charge in [0.25, 0.3) is 0 Å². The lowest BCUT2D eigenvalue weighted by molar-refractivity contribution is -0.140. The van der Waals surface area contributed by atoms with Gasteiger partial charge in [-0.1, -0.05) is 31.9 Å². The molecule has 1 fully saturated rings. The van der Waals surface area contributed by atoms with Gasteiger partial charge in [-0.2, -0.15) is 0 Å². The Morgan fingerprint density at radius 3 is 2.32 bits per heavy atom. The highest BCUT2D eigenvalue weighted by molar-refractivity contribution is 7.92. The maximum absolute atomic E-state index is 13.8. The highest BCUT2D eigenvalue weighted by atomic mass is 32.2. The lowest BCUT2D eigenvalue weighted by atomic mass is 10.1. The molecule has 1 N–H and O–H groups in total. The van der Waals surface area contributed by atoms with E-state index in [1.807, 2.05) is 32.0 Å². The van der Waals surface area contributed by atoms with Crippen LogP contribution in [0.2, 0.25) is 0 Å². The molecule has 0 saturated heterocycles. The van der Waals surface area contributed by atoms with Crippen molar-refractivity contribution in [2.45, 2.75) is 64.6 Å². The highest BCUT2D eigenvalue weighted by Crippen LogP contribution is 2.24. The molecule has 208 valence electrons.